The zero-order valence-corrected chi connectivity index (χ0v) is 29.3. The van der Waals surface area contributed by atoms with Crippen molar-refractivity contribution in [3.63, 3.8) is 0 Å². The lowest BCUT2D eigenvalue weighted by Crippen LogP contribution is -2.15. The van der Waals surface area contributed by atoms with Gasteiger partial charge in [0.2, 0.25) is 0 Å². The Labute approximate surface area is 305 Å². The van der Waals surface area contributed by atoms with Crippen LogP contribution in [0.2, 0.25) is 0 Å². The maximum absolute atomic E-state index is 2.44. The number of hydrogen-bond acceptors (Lipinski definition) is 1. The van der Waals surface area contributed by atoms with Crippen LogP contribution in [0.5, 0.6) is 0 Å². The van der Waals surface area contributed by atoms with Crippen LogP contribution in [0.25, 0.3) is 65.7 Å². The van der Waals surface area contributed by atoms with Gasteiger partial charge in [-0.3, -0.25) is 0 Å². The lowest BCUT2D eigenvalue weighted by molar-refractivity contribution is 0.666. The highest BCUT2D eigenvalue weighted by molar-refractivity contribution is 6.21. The van der Waals surface area contributed by atoms with Gasteiger partial charge in [0.25, 0.3) is 0 Å². The smallest absolute Gasteiger partial charge is 0.0462 e. The molecule has 0 heterocycles. The topological polar surface area (TPSA) is 3.24 Å². The van der Waals surface area contributed by atoms with E-state index in [4.69, 9.17) is 0 Å². The van der Waals surface area contributed by atoms with Crippen LogP contribution in [0, 0.1) is 0 Å². The van der Waals surface area contributed by atoms with E-state index in [0.717, 1.165) is 17.1 Å². The molecule has 52 heavy (non-hydrogen) atoms. The summed E-state index contributed by atoms with van der Waals surface area (Å²) in [5.74, 6) is 0. The van der Waals surface area contributed by atoms with Gasteiger partial charge in [-0.1, -0.05) is 159 Å². The van der Waals surface area contributed by atoms with Crippen molar-refractivity contribution in [2.75, 3.05) is 4.90 Å². The largest absolute Gasteiger partial charge is 0.311 e. The first-order valence-electron chi connectivity index (χ1n) is 18.2. The highest BCUT2D eigenvalue weighted by Gasteiger charge is 2.40. The van der Waals surface area contributed by atoms with Crippen LogP contribution in [0.1, 0.15) is 25.0 Å². The van der Waals surface area contributed by atoms with E-state index in [0.29, 0.717) is 0 Å². The Balaban J connectivity index is 1.32. The molecule has 0 saturated heterocycles. The molecular weight excluding hydrogens is 627 g/mol. The Hall–Kier alpha value is -6.44. The van der Waals surface area contributed by atoms with Crippen molar-refractivity contribution in [1.82, 2.24) is 0 Å². The summed E-state index contributed by atoms with van der Waals surface area (Å²) in [4.78, 5) is 2.33. The maximum Gasteiger partial charge on any atom is 0.0462 e. The van der Waals surface area contributed by atoms with Gasteiger partial charge in [-0.15, -0.1) is 0 Å². The monoisotopic (exact) mass is 663 g/mol. The molecule has 0 N–H and O–H groups in total. The molecule has 0 atom stereocenters. The van der Waals surface area contributed by atoms with Crippen molar-refractivity contribution in [2.24, 2.45) is 0 Å². The van der Waals surface area contributed by atoms with Crippen molar-refractivity contribution < 1.29 is 0 Å². The van der Waals surface area contributed by atoms with Crippen LogP contribution in [-0.2, 0) is 5.41 Å². The molecule has 10 rings (SSSR count). The Kier molecular flexibility index (Phi) is 6.91. The van der Waals surface area contributed by atoms with Gasteiger partial charge >= 0.3 is 0 Å². The average Bonchev–Trinajstić information content (AvgIpc) is 3.45. The SMILES string of the molecule is CC1(C)c2ccccc2-c2c(-c3cc4ccccc4c4ccccc34)c(-c3ccc(N(c4ccccc4)c4ccccc4)cc3)c3ccccc3c21. The standard InChI is InChI=1S/C51H37N/c1-51(2)46-28-16-15-27-44(46)49-48(45-33-35-17-9-10-22-39(35)40-23-11-12-24-41(40)45)47(42-25-13-14-26-43(42)50(49)51)34-29-31-38(32-30-34)52(36-18-5-3-6-19-36)37-20-7-4-8-21-37/h3-33H,1-2H3. The highest BCUT2D eigenvalue weighted by Crippen LogP contribution is 2.58. The third kappa shape index (κ3) is 4.56. The molecule has 246 valence electrons. The van der Waals surface area contributed by atoms with Crippen molar-refractivity contribution >= 4 is 49.4 Å². The molecule has 1 aliphatic carbocycles. The molecule has 9 aromatic carbocycles. The molecule has 0 aliphatic heterocycles. The molecule has 0 bridgehead atoms. The molecule has 0 aromatic heterocycles. The van der Waals surface area contributed by atoms with E-state index in [-0.39, 0.29) is 5.41 Å². The van der Waals surface area contributed by atoms with Gasteiger partial charge < -0.3 is 4.90 Å². The van der Waals surface area contributed by atoms with E-state index < -0.39 is 0 Å². The Morgan fingerprint density at radius 1 is 0.365 bits per heavy atom. The summed E-state index contributed by atoms with van der Waals surface area (Å²) in [7, 11) is 0. The van der Waals surface area contributed by atoms with Gasteiger partial charge in [0, 0.05) is 22.5 Å². The van der Waals surface area contributed by atoms with Crippen LogP contribution < -0.4 is 4.90 Å². The molecule has 0 radical (unpaired) electrons. The van der Waals surface area contributed by atoms with Crippen LogP contribution in [0.15, 0.2) is 188 Å². The fraction of sp³-hybridized carbons (Fsp3) is 0.0588. The molecule has 0 amide bonds. The number of rotatable bonds is 5. The second-order valence-electron chi connectivity index (χ2n) is 14.5. The van der Waals surface area contributed by atoms with Crippen LogP contribution in [-0.4, -0.2) is 0 Å². The van der Waals surface area contributed by atoms with Crippen molar-refractivity contribution in [3.8, 4) is 33.4 Å². The zero-order valence-electron chi connectivity index (χ0n) is 29.3. The Bertz CT molecular complexity index is 2750. The third-order valence-corrected chi connectivity index (χ3v) is 11.2. The van der Waals surface area contributed by atoms with E-state index in [1.807, 2.05) is 0 Å². The molecule has 1 aliphatic rings. The minimum Gasteiger partial charge on any atom is -0.311 e. The van der Waals surface area contributed by atoms with Crippen molar-refractivity contribution in [2.45, 2.75) is 19.3 Å². The summed E-state index contributed by atoms with van der Waals surface area (Å²) in [6.45, 7) is 4.81. The minimum atomic E-state index is -0.165. The van der Waals surface area contributed by atoms with Crippen LogP contribution in [0.3, 0.4) is 0 Å². The van der Waals surface area contributed by atoms with Gasteiger partial charge in [-0.05, 0) is 119 Å². The molecular formula is C51H37N. The van der Waals surface area contributed by atoms with Gasteiger partial charge in [0.15, 0.2) is 0 Å². The lowest BCUT2D eigenvalue weighted by Gasteiger charge is -2.27. The van der Waals surface area contributed by atoms with Gasteiger partial charge in [0.1, 0.15) is 0 Å². The zero-order chi connectivity index (χ0) is 34.8. The van der Waals surface area contributed by atoms with Crippen LogP contribution >= 0.6 is 0 Å². The summed E-state index contributed by atoms with van der Waals surface area (Å²) in [5.41, 5.74) is 13.8. The van der Waals surface area contributed by atoms with Gasteiger partial charge in [0.05, 0.1) is 0 Å². The predicted molar refractivity (Wildman–Crippen MR) is 222 cm³/mol. The number of anilines is 3. The summed E-state index contributed by atoms with van der Waals surface area (Å²) >= 11 is 0. The first-order chi connectivity index (χ1) is 25.6. The normalized spacial score (nSPS) is 13.0. The number of nitrogens with zero attached hydrogens (tertiary/aromatic N) is 1. The maximum atomic E-state index is 2.44. The highest BCUT2D eigenvalue weighted by atomic mass is 15.1. The second-order valence-corrected chi connectivity index (χ2v) is 14.5. The van der Waals surface area contributed by atoms with E-state index >= 15 is 0 Å². The molecule has 0 saturated carbocycles. The summed E-state index contributed by atoms with van der Waals surface area (Å²) in [6.07, 6.45) is 0. The van der Waals surface area contributed by atoms with Gasteiger partial charge in [-0.2, -0.15) is 0 Å². The predicted octanol–water partition coefficient (Wildman–Crippen LogP) is 14.3. The fourth-order valence-electron chi connectivity index (χ4n) is 8.95. The number of benzene rings is 9. The van der Waals surface area contributed by atoms with Crippen LogP contribution in [0.4, 0.5) is 17.1 Å². The van der Waals surface area contributed by atoms with Crippen molar-refractivity contribution in [3.05, 3.63) is 199 Å². The first kappa shape index (κ1) is 30.4. The molecule has 9 aromatic rings. The van der Waals surface area contributed by atoms with E-state index in [9.17, 15) is 0 Å². The molecule has 0 fully saturated rings. The summed E-state index contributed by atoms with van der Waals surface area (Å²) in [6, 6.07) is 69.0. The molecule has 0 unspecified atom stereocenters. The first-order valence-corrected chi connectivity index (χ1v) is 18.2. The lowest BCUT2D eigenvalue weighted by atomic mass is 9.76. The Morgan fingerprint density at radius 2 is 0.885 bits per heavy atom. The van der Waals surface area contributed by atoms with E-state index in [2.05, 4.69) is 207 Å². The van der Waals surface area contributed by atoms with Gasteiger partial charge in [-0.25, -0.2) is 0 Å². The number of hydrogen-bond donors (Lipinski definition) is 0. The van der Waals surface area contributed by atoms with Crippen molar-refractivity contribution in [1.29, 1.82) is 0 Å². The quantitative estimate of drug-likeness (QED) is 0.166. The average molecular weight is 664 g/mol. The third-order valence-electron chi connectivity index (χ3n) is 11.2. The number of para-hydroxylation sites is 2. The summed E-state index contributed by atoms with van der Waals surface area (Å²) < 4.78 is 0. The molecule has 1 nitrogen and oxygen atoms in total. The van der Waals surface area contributed by atoms with E-state index in [1.165, 1.54) is 76.8 Å². The second kappa shape index (κ2) is 11.8. The Morgan fingerprint density at radius 3 is 1.58 bits per heavy atom. The summed E-state index contributed by atoms with van der Waals surface area (Å²) in [5, 5.41) is 7.70. The number of fused-ring (bicyclic) bond motifs is 8. The molecule has 0 spiro atoms. The van der Waals surface area contributed by atoms with E-state index in [1.54, 1.807) is 0 Å². The molecule has 1 heteroatoms. The fourth-order valence-corrected chi connectivity index (χ4v) is 8.95. The minimum absolute atomic E-state index is 0.165.